The van der Waals surface area contributed by atoms with E-state index < -0.39 is 0 Å². The van der Waals surface area contributed by atoms with Gasteiger partial charge in [0.25, 0.3) is 0 Å². The Kier molecular flexibility index (Phi) is 4.64. The largest absolute Gasteiger partial charge is 0.465 e. The normalized spacial score (nSPS) is 10.7. The van der Waals surface area contributed by atoms with Gasteiger partial charge in [-0.1, -0.05) is 57.9 Å². The number of aromatic nitrogens is 1. The first-order chi connectivity index (χ1) is 11.2. The van der Waals surface area contributed by atoms with Crippen LogP contribution in [0.3, 0.4) is 0 Å². The molecule has 2 aromatic carbocycles. The number of benzene rings is 2. The number of carbonyl (C=O) groups excluding carboxylic acids is 1. The van der Waals surface area contributed by atoms with Crippen molar-refractivity contribution in [3.8, 4) is 11.3 Å². The lowest BCUT2D eigenvalue weighted by Gasteiger charge is -2.14. The number of rotatable bonds is 3. The number of fused-ring (bicyclic) bond motifs is 1. The lowest BCUT2D eigenvalue weighted by Crippen LogP contribution is -2.09. The monoisotopic (exact) mass is 389 g/mol. The van der Waals surface area contributed by atoms with Gasteiger partial charge in [0.2, 0.25) is 0 Å². The number of hydrogen-bond acceptors (Lipinski definition) is 3. The molecule has 0 spiro atoms. The summed E-state index contributed by atoms with van der Waals surface area (Å²) in [6.07, 6.45) is 0. The molecule has 0 bridgehead atoms. The molecule has 0 radical (unpaired) electrons. The smallest absolute Gasteiger partial charge is 0.338 e. The average Bonchev–Trinajstić information content (AvgIpc) is 2.59. The summed E-state index contributed by atoms with van der Waals surface area (Å²) in [7, 11) is 1.38. The maximum absolute atomic E-state index is 12.4. The minimum absolute atomic E-state index is 0.374. The number of methoxy groups -OCH3 is 1. The van der Waals surface area contributed by atoms with Crippen molar-refractivity contribution in [3.63, 3.8) is 0 Å². The molecule has 3 aromatic rings. The van der Waals surface area contributed by atoms with Crippen molar-refractivity contribution in [1.82, 2.24) is 4.98 Å². The number of hydrogen-bond donors (Lipinski definition) is 0. The Morgan fingerprint density at radius 2 is 2.00 bits per heavy atom. The van der Waals surface area contributed by atoms with Crippen LogP contribution in [0, 0.1) is 0 Å². The number of nitrogens with zero attached hydrogens (tertiary/aromatic N) is 1. The van der Waals surface area contributed by atoms with Crippen LogP contribution in [0.4, 0.5) is 0 Å². The molecule has 0 unspecified atom stereocenters. The molecule has 0 saturated heterocycles. The van der Waals surface area contributed by atoms with Crippen molar-refractivity contribution < 1.29 is 9.53 Å². The maximum atomic E-state index is 12.4. The predicted molar refractivity (Wildman–Crippen MR) is 96.2 cm³/mol. The molecule has 5 heteroatoms. The zero-order valence-electron chi connectivity index (χ0n) is 12.3. The van der Waals surface area contributed by atoms with E-state index in [1.54, 1.807) is 6.07 Å². The molecule has 0 amide bonds. The average molecular weight is 391 g/mol. The Labute approximate surface area is 147 Å². The zero-order valence-corrected chi connectivity index (χ0v) is 14.7. The summed E-state index contributed by atoms with van der Waals surface area (Å²) in [6, 6.07) is 15.0. The Balaban J connectivity index is 2.40. The lowest BCUT2D eigenvalue weighted by molar-refractivity contribution is 0.0602. The maximum Gasteiger partial charge on any atom is 0.338 e. The summed E-state index contributed by atoms with van der Waals surface area (Å²) in [4.78, 5) is 17.1. The van der Waals surface area contributed by atoms with Gasteiger partial charge in [0.1, 0.15) is 0 Å². The third-order valence-corrected chi connectivity index (χ3v) is 4.41. The second kappa shape index (κ2) is 6.69. The van der Waals surface area contributed by atoms with E-state index in [2.05, 4.69) is 15.9 Å². The number of alkyl halides is 1. The van der Waals surface area contributed by atoms with Crippen LogP contribution in [0.15, 0.2) is 48.5 Å². The van der Waals surface area contributed by atoms with Gasteiger partial charge >= 0.3 is 5.97 Å². The van der Waals surface area contributed by atoms with Crippen molar-refractivity contribution in [2.75, 3.05) is 7.11 Å². The summed E-state index contributed by atoms with van der Waals surface area (Å²) >= 11 is 9.58. The van der Waals surface area contributed by atoms with E-state index in [0.29, 0.717) is 15.9 Å². The van der Waals surface area contributed by atoms with Crippen molar-refractivity contribution in [1.29, 1.82) is 0 Å². The molecule has 1 aromatic heterocycles. The number of carbonyl (C=O) groups is 1. The number of pyridine rings is 1. The van der Waals surface area contributed by atoms with Crippen molar-refractivity contribution in [2.24, 2.45) is 0 Å². The second-order valence-electron chi connectivity index (χ2n) is 4.97. The van der Waals surface area contributed by atoms with E-state index in [9.17, 15) is 4.79 Å². The summed E-state index contributed by atoms with van der Waals surface area (Å²) in [6.45, 7) is 0. The highest BCUT2D eigenvalue weighted by molar-refractivity contribution is 9.08. The highest BCUT2D eigenvalue weighted by Crippen LogP contribution is 2.33. The molecule has 116 valence electrons. The molecule has 3 rings (SSSR count). The quantitative estimate of drug-likeness (QED) is 0.454. The first-order valence-electron chi connectivity index (χ1n) is 6.97. The first kappa shape index (κ1) is 16.0. The van der Waals surface area contributed by atoms with E-state index in [0.717, 1.165) is 27.7 Å². The minimum Gasteiger partial charge on any atom is -0.465 e. The van der Waals surface area contributed by atoms with Crippen LogP contribution in [0.25, 0.3) is 22.2 Å². The van der Waals surface area contributed by atoms with Crippen molar-refractivity contribution >= 4 is 44.4 Å². The van der Waals surface area contributed by atoms with Gasteiger partial charge in [-0.2, -0.15) is 0 Å². The Morgan fingerprint density at radius 3 is 2.70 bits per heavy atom. The van der Waals surface area contributed by atoms with Crippen LogP contribution in [0.2, 0.25) is 5.02 Å². The van der Waals surface area contributed by atoms with E-state index >= 15 is 0 Å². The molecule has 0 aliphatic heterocycles. The van der Waals surface area contributed by atoms with Crippen LogP contribution in [-0.2, 0) is 10.1 Å². The SMILES string of the molecule is COC(=O)c1c(CBr)c(-c2cccc(Cl)c2)nc2ccccc12. The van der Waals surface area contributed by atoms with Gasteiger partial charge in [0.05, 0.1) is 23.9 Å². The van der Waals surface area contributed by atoms with Crippen LogP contribution in [-0.4, -0.2) is 18.1 Å². The predicted octanol–water partition coefficient (Wildman–Crippen LogP) is 5.24. The molecule has 0 saturated carbocycles. The van der Waals surface area contributed by atoms with Crippen molar-refractivity contribution in [2.45, 2.75) is 5.33 Å². The first-order valence-corrected chi connectivity index (χ1v) is 8.47. The van der Waals surface area contributed by atoms with E-state index in [1.165, 1.54) is 7.11 Å². The highest BCUT2D eigenvalue weighted by Gasteiger charge is 2.21. The van der Waals surface area contributed by atoms with Crippen LogP contribution in [0.5, 0.6) is 0 Å². The Bertz CT molecular complexity index is 895. The van der Waals surface area contributed by atoms with Gasteiger partial charge in [0, 0.05) is 26.9 Å². The summed E-state index contributed by atoms with van der Waals surface area (Å²) in [5.74, 6) is -0.374. The minimum atomic E-state index is -0.374. The third kappa shape index (κ3) is 2.96. The molecule has 3 nitrogen and oxygen atoms in total. The second-order valence-corrected chi connectivity index (χ2v) is 5.96. The molecular weight excluding hydrogens is 378 g/mol. The molecule has 0 aliphatic carbocycles. The van der Waals surface area contributed by atoms with Gasteiger partial charge < -0.3 is 4.74 Å². The van der Waals surface area contributed by atoms with Gasteiger partial charge in [0.15, 0.2) is 0 Å². The number of para-hydroxylation sites is 1. The summed E-state index contributed by atoms with van der Waals surface area (Å²) in [5.41, 5.74) is 3.65. The van der Waals surface area contributed by atoms with Gasteiger partial charge in [-0.05, 0) is 18.2 Å². The van der Waals surface area contributed by atoms with E-state index in [1.807, 2.05) is 42.5 Å². The number of ether oxygens (including phenoxy) is 1. The third-order valence-electron chi connectivity index (χ3n) is 3.61. The Hall–Kier alpha value is -1.91. The molecular formula is C18H13BrClNO2. The van der Waals surface area contributed by atoms with E-state index in [-0.39, 0.29) is 5.97 Å². The fraction of sp³-hybridized carbons (Fsp3) is 0.111. The molecule has 1 heterocycles. The summed E-state index contributed by atoms with van der Waals surface area (Å²) < 4.78 is 4.99. The number of halogens is 2. The van der Waals surface area contributed by atoms with Gasteiger partial charge in [-0.15, -0.1) is 0 Å². The highest BCUT2D eigenvalue weighted by atomic mass is 79.9. The van der Waals surface area contributed by atoms with Gasteiger partial charge in [-0.3, -0.25) is 0 Å². The van der Waals surface area contributed by atoms with Crippen LogP contribution in [0.1, 0.15) is 15.9 Å². The molecule has 0 fully saturated rings. The summed E-state index contributed by atoms with van der Waals surface area (Å²) in [5, 5.41) is 1.88. The van der Waals surface area contributed by atoms with Gasteiger partial charge in [-0.25, -0.2) is 9.78 Å². The van der Waals surface area contributed by atoms with Crippen molar-refractivity contribution in [3.05, 3.63) is 64.7 Å². The van der Waals surface area contributed by atoms with E-state index in [4.69, 9.17) is 21.3 Å². The fourth-order valence-electron chi connectivity index (χ4n) is 2.59. The number of esters is 1. The molecule has 23 heavy (non-hydrogen) atoms. The molecule has 0 atom stereocenters. The van der Waals surface area contributed by atoms with Crippen LogP contribution >= 0.6 is 27.5 Å². The topological polar surface area (TPSA) is 39.2 Å². The Morgan fingerprint density at radius 1 is 1.22 bits per heavy atom. The lowest BCUT2D eigenvalue weighted by atomic mass is 9.98. The zero-order chi connectivity index (χ0) is 16.4. The molecule has 0 aliphatic rings. The molecule has 0 N–H and O–H groups in total. The fourth-order valence-corrected chi connectivity index (χ4v) is 3.33. The van der Waals surface area contributed by atoms with Crippen LogP contribution < -0.4 is 0 Å². The standard InChI is InChI=1S/C18H13BrClNO2/c1-23-18(22)16-13-7-2-3-8-15(13)21-17(14(16)10-19)11-5-4-6-12(20)9-11/h2-9H,10H2,1H3.